The molecule has 2 saturated heterocycles. The van der Waals surface area contributed by atoms with E-state index in [0.29, 0.717) is 18.2 Å². The third-order valence-corrected chi connectivity index (χ3v) is 5.28. The molecule has 0 bridgehead atoms. The van der Waals surface area contributed by atoms with Crippen LogP contribution < -0.4 is 0 Å². The van der Waals surface area contributed by atoms with Crippen LogP contribution in [0.4, 0.5) is 0 Å². The first-order valence-corrected chi connectivity index (χ1v) is 9.10. The number of hydrogen-bond donors (Lipinski definition) is 0. The number of carbonyl (C=O) groups is 1. The predicted molar refractivity (Wildman–Crippen MR) is 94.5 cm³/mol. The number of piperidine rings is 1. The van der Waals surface area contributed by atoms with E-state index < -0.39 is 0 Å². The first-order chi connectivity index (χ1) is 12.0. The van der Waals surface area contributed by atoms with E-state index in [9.17, 15) is 4.79 Å². The minimum atomic E-state index is -0.171. The molecule has 2 aliphatic rings. The maximum atomic E-state index is 12.7. The molecule has 7 nitrogen and oxygen atoms in total. The summed E-state index contributed by atoms with van der Waals surface area (Å²) in [6.07, 6.45) is 6.51. The molecule has 0 N–H and O–H groups in total. The molecule has 1 spiro atoms. The normalized spacial score (nSPS) is 26.7. The Morgan fingerprint density at radius 3 is 3.12 bits per heavy atom. The van der Waals surface area contributed by atoms with Gasteiger partial charge in [-0.1, -0.05) is 0 Å². The maximum Gasteiger partial charge on any atom is 0.274 e. The molecule has 1 aromatic rings. The summed E-state index contributed by atoms with van der Waals surface area (Å²) in [6, 6.07) is 0. The van der Waals surface area contributed by atoms with Gasteiger partial charge in [-0.2, -0.15) is 0 Å². The number of imidazole rings is 1. The molecule has 2 fully saturated rings. The third-order valence-electron chi connectivity index (χ3n) is 5.28. The summed E-state index contributed by atoms with van der Waals surface area (Å²) in [5, 5.41) is 0. The number of methoxy groups -OCH3 is 1. The zero-order chi connectivity index (χ0) is 17.9. The number of aromatic nitrogens is 2. The zero-order valence-electron chi connectivity index (χ0n) is 15.6. The quantitative estimate of drug-likeness (QED) is 0.766. The molecule has 2 atom stereocenters. The van der Waals surface area contributed by atoms with Gasteiger partial charge in [0.05, 0.1) is 31.7 Å². The number of aryl methyl sites for hydroxylation is 1. The molecule has 3 heterocycles. The monoisotopic (exact) mass is 350 g/mol. The number of ether oxygens (including phenoxy) is 2. The van der Waals surface area contributed by atoms with Gasteiger partial charge in [0.2, 0.25) is 0 Å². The molecule has 140 valence electrons. The summed E-state index contributed by atoms with van der Waals surface area (Å²) in [5.74, 6) is 0.538. The predicted octanol–water partition coefficient (Wildman–Crippen LogP) is 1.01. The Hall–Kier alpha value is -1.44. The van der Waals surface area contributed by atoms with Crippen LogP contribution in [0.25, 0.3) is 0 Å². The summed E-state index contributed by atoms with van der Waals surface area (Å²) in [6.45, 7) is 4.95. The van der Waals surface area contributed by atoms with Crippen LogP contribution >= 0.6 is 0 Å². The van der Waals surface area contributed by atoms with Gasteiger partial charge < -0.3 is 23.8 Å². The third kappa shape index (κ3) is 4.40. The Balaban J connectivity index is 1.56. The highest BCUT2D eigenvalue weighted by Crippen LogP contribution is 2.38. The number of nitrogens with zero attached hydrogens (tertiary/aromatic N) is 4. The van der Waals surface area contributed by atoms with Crippen LogP contribution in [0, 0.1) is 5.92 Å². The minimum absolute atomic E-state index is 0.0175. The molecule has 0 radical (unpaired) electrons. The Labute approximate surface area is 149 Å². The first kappa shape index (κ1) is 18.4. The van der Waals surface area contributed by atoms with Crippen molar-refractivity contribution >= 4 is 5.91 Å². The van der Waals surface area contributed by atoms with Crippen molar-refractivity contribution in [1.82, 2.24) is 19.4 Å². The number of likely N-dealkylation sites (N-methyl/N-ethyl adjacent to an activating group) is 1. The molecule has 2 aliphatic heterocycles. The lowest BCUT2D eigenvalue weighted by molar-refractivity contribution is -0.0451. The van der Waals surface area contributed by atoms with E-state index in [1.807, 2.05) is 16.5 Å². The molecule has 0 aromatic carbocycles. The van der Waals surface area contributed by atoms with E-state index in [1.54, 1.807) is 19.6 Å². The molecule has 25 heavy (non-hydrogen) atoms. The summed E-state index contributed by atoms with van der Waals surface area (Å²) in [7, 11) is 5.74. The van der Waals surface area contributed by atoms with Crippen molar-refractivity contribution in [1.29, 1.82) is 0 Å². The molecule has 3 rings (SSSR count). The SMILES string of the molecule is COCCN(C)C[C@H]1CO[C@]2(CCCN(C(=O)c3cn(C)cn3)C2)C1. The number of amides is 1. The number of likely N-dealkylation sites (tertiary alicyclic amines) is 1. The summed E-state index contributed by atoms with van der Waals surface area (Å²) < 4.78 is 13.2. The number of carbonyl (C=O) groups excluding carboxylic acids is 1. The van der Waals surface area contributed by atoms with Gasteiger partial charge in [0.25, 0.3) is 5.91 Å². The van der Waals surface area contributed by atoms with Gasteiger partial charge in [-0.05, 0) is 32.2 Å². The van der Waals surface area contributed by atoms with Crippen LogP contribution in [0.3, 0.4) is 0 Å². The lowest BCUT2D eigenvalue weighted by atomic mass is 9.86. The van der Waals surface area contributed by atoms with Gasteiger partial charge in [-0.15, -0.1) is 0 Å². The van der Waals surface area contributed by atoms with Crippen LogP contribution in [0.1, 0.15) is 29.8 Å². The molecular weight excluding hydrogens is 320 g/mol. The Kier molecular flexibility index (Phi) is 5.76. The summed E-state index contributed by atoms with van der Waals surface area (Å²) >= 11 is 0. The zero-order valence-corrected chi connectivity index (χ0v) is 15.6. The largest absolute Gasteiger partial charge is 0.383 e. The number of hydrogen-bond acceptors (Lipinski definition) is 5. The van der Waals surface area contributed by atoms with E-state index in [0.717, 1.165) is 52.1 Å². The van der Waals surface area contributed by atoms with Crippen molar-refractivity contribution in [2.45, 2.75) is 24.9 Å². The highest BCUT2D eigenvalue weighted by molar-refractivity contribution is 5.92. The van der Waals surface area contributed by atoms with Crippen LogP contribution in [0.5, 0.6) is 0 Å². The lowest BCUT2D eigenvalue weighted by Gasteiger charge is -2.39. The summed E-state index contributed by atoms with van der Waals surface area (Å²) in [5.41, 5.74) is 0.350. The first-order valence-electron chi connectivity index (χ1n) is 9.10. The molecule has 7 heteroatoms. The van der Waals surface area contributed by atoms with Crippen molar-refractivity contribution in [2.75, 3.05) is 53.6 Å². The van der Waals surface area contributed by atoms with Gasteiger partial charge >= 0.3 is 0 Å². The van der Waals surface area contributed by atoms with Gasteiger partial charge in [0, 0.05) is 40.0 Å². The van der Waals surface area contributed by atoms with E-state index in [4.69, 9.17) is 9.47 Å². The van der Waals surface area contributed by atoms with Crippen molar-refractivity contribution in [2.24, 2.45) is 13.0 Å². The van der Waals surface area contributed by atoms with Crippen molar-refractivity contribution < 1.29 is 14.3 Å². The van der Waals surface area contributed by atoms with Gasteiger partial charge in [-0.3, -0.25) is 4.79 Å². The maximum absolute atomic E-state index is 12.7. The Morgan fingerprint density at radius 1 is 1.56 bits per heavy atom. The molecule has 0 saturated carbocycles. The average molecular weight is 350 g/mol. The minimum Gasteiger partial charge on any atom is -0.383 e. The second kappa shape index (κ2) is 7.85. The second-order valence-corrected chi connectivity index (χ2v) is 7.57. The molecule has 1 amide bonds. The standard InChI is InChI=1S/C18H30N4O3/c1-20(7-8-24-3)10-15-9-18(25-12-15)5-4-6-22(13-18)17(23)16-11-21(2)14-19-16/h11,14-15H,4-10,12-13H2,1-3H3/t15-,18+/m0/s1. The van der Waals surface area contributed by atoms with Crippen molar-refractivity contribution in [3.8, 4) is 0 Å². The average Bonchev–Trinajstić information content (AvgIpc) is 3.19. The van der Waals surface area contributed by atoms with Crippen LogP contribution in [0.2, 0.25) is 0 Å². The smallest absolute Gasteiger partial charge is 0.274 e. The number of rotatable bonds is 6. The topological polar surface area (TPSA) is 59.8 Å². The fraction of sp³-hybridized carbons (Fsp3) is 0.778. The Bertz CT molecular complexity index is 591. The van der Waals surface area contributed by atoms with E-state index in [2.05, 4.69) is 16.9 Å². The summed E-state index contributed by atoms with van der Waals surface area (Å²) in [4.78, 5) is 21.1. The van der Waals surface area contributed by atoms with Crippen LogP contribution in [-0.4, -0.2) is 84.4 Å². The van der Waals surface area contributed by atoms with Crippen molar-refractivity contribution in [3.63, 3.8) is 0 Å². The van der Waals surface area contributed by atoms with Crippen molar-refractivity contribution in [3.05, 3.63) is 18.2 Å². The van der Waals surface area contributed by atoms with Gasteiger partial charge in [0.15, 0.2) is 0 Å². The lowest BCUT2D eigenvalue weighted by Crippen LogP contribution is -2.50. The molecular formula is C18H30N4O3. The molecule has 0 aliphatic carbocycles. The van der Waals surface area contributed by atoms with E-state index >= 15 is 0 Å². The fourth-order valence-corrected chi connectivity index (χ4v) is 4.08. The Morgan fingerprint density at radius 2 is 2.40 bits per heavy atom. The second-order valence-electron chi connectivity index (χ2n) is 7.57. The highest BCUT2D eigenvalue weighted by Gasteiger charge is 2.44. The highest BCUT2D eigenvalue weighted by atomic mass is 16.5. The van der Waals surface area contributed by atoms with E-state index in [1.165, 1.54) is 0 Å². The molecule has 0 unspecified atom stereocenters. The molecule has 1 aromatic heterocycles. The fourth-order valence-electron chi connectivity index (χ4n) is 4.08. The van der Waals surface area contributed by atoms with Crippen LogP contribution in [-0.2, 0) is 16.5 Å². The van der Waals surface area contributed by atoms with Gasteiger partial charge in [-0.25, -0.2) is 4.98 Å². The van der Waals surface area contributed by atoms with E-state index in [-0.39, 0.29) is 11.5 Å². The van der Waals surface area contributed by atoms with Crippen LogP contribution in [0.15, 0.2) is 12.5 Å². The van der Waals surface area contributed by atoms with Gasteiger partial charge in [0.1, 0.15) is 5.69 Å².